The molecule has 1 aliphatic carbocycles. The Balaban J connectivity index is 1.08. The third-order valence-electron chi connectivity index (χ3n) is 9.62. The number of aliphatic carboxylic acids is 1. The fourth-order valence-corrected chi connectivity index (χ4v) is 10.9. The summed E-state index contributed by atoms with van der Waals surface area (Å²) in [6.45, 7) is 4.09. The zero-order chi connectivity index (χ0) is 27.1. The highest BCUT2D eigenvalue weighted by Gasteiger charge is 2.43. The van der Waals surface area contributed by atoms with Crippen LogP contribution in [0.1, 0.15) is 62.8 Å². The van der Waals surface area contributed by atoms with Crippen molar-refractivity contribution in [2.75, 3.05) is 32.7 Å². The van der Waals surface area contributed by atoms with Crippen LogP contribution in [0.3, 0.4) is 0 Å². The van der Waals surface area contributed by atoms with Crippen LogP contribution in [-0.4, -0.2) is 73.3 Å². The van der Waals surface area contributed by atoms with Crippen LogP contribution in [0.2, 0.25) is 0 Å². The molecule has 1 aromatic carbocycles. The van der Waals surface area contributed by atoms with Crippen LogP contribution in [0, 0.1) is 23.6 Å². The topological polar surface area (TPSA) is 77.9 Å². The van der Waals surface area contributed by atoms with Crippen molar-refractivity contribution in [2.24, 2.45) is 17.8 Å². The summed E-state index contributed by atoms with van der Waals surface area (Å²) >= 11 is 1.37. The largest absolute Gasteiger partial charge is 0.480 e. The Morgan fingerprint density at radius 2 is 1.92 bits per heavy atom. The average Bonchev–Trinajstić information content (AvgIpc) is 3.59. The molecule has 1 N–H and O–H groups in total. The molecule has 212 valence electrons. The number of allylic oxidation sites excluding steroid dienone is 2. The number of benzene rings is 1. The number of carbonyl (C=O) groups is 1. The van der Waals surface area contributed by atoms with E-state index in [4.69, 9.17) is 0 Å². The molecule has 6 nitrogen and oxygen atoms in total. The maximum Gasteiger partial charge on any atom is 0.320 e. The van der Waals surface area contributed by atoms with Gasteiger partial charge in [-0.05, 0) is 98.0 Å². The van der Waals surface area contributed by atoms with Gasteiger partial charge in [0, 0.05) is 25.6 Å². The number of likely N-dealkylation sites (tertiary alicyclic amines) is 2. The molecular formula is C30H39FN2O4S2. The van der Waals surface area contributed by atoms with Gasteiger partial charge < -0.3 is 10.0 Å². The van der Waals surface area contributed by atoms with Gasteiger partial charge in [0.25, 0.3) is 0 Å². The molecule has 0 amide bonds. The molecule has 1 unspecified atom stereocenters. The lowest BCUT2D eigenvalue weighted by Gasteiger charge is -2.35. The van der Waals surface area contributed by atoms with E-state index in [0.717, 1.165) is 69.3 Å². The van der Waals surface area contributed by atoms with Crippen LogP contribution < -0.4 is 0 Å². The standard InChI is InChI=1S/C30H39FN2O4S2/c31-25-5-1-3-22(15-25)27-19-33(28(29(34)35)14-20-6-7-20)18-24(27)17-32-10-8-21(9-11-32)13-26-16-23-4-2-12-38-30(23)39(26,36)37/h1-3,5,12,15,20-21,24,26-28H,4,6-11,13-14,16-19H2,(H,34,35)/t24-,26?,27+,28+/m0/s1. The van der Waals surface area contributed by atoms with Crippen LogP contribution in [0.15, 0.2) is 45.6 Å². The fraction of sp³-hybridized carbons (Fsp3) is 0.633. The Bertz CT molecular complexity index is 1250. The minimum absolute atomic E-state index is 0.103. The Labute approximate surface area is 235 Å². The molecule has 1 aromatic rings. The molecule has 4 heterocycles. The number of carboxylic acid groups (broad SMARTS) is 1. The maximum absolute atomic E-state index is 14.2. The molecule has 4 aliphatic heterocycles. The lowest BCUT2D eigenvalue weighted by molar-refractivity contribution is -0.143. The fourth-order valence-electron chi connectivity index (χ4n) is 7.29. The molecule has 39 heavy (non-hydrogen) atoms. The van der Waals surface area contributed by atoms with Crippen molar-refractivity contribution in [3.63, 3.8) is 0 Å². The predicted octanol–water partition coefficient (Wildman–Crippen LogP) is 5.25. The van der Waals surface area contributed by atoms with E-state index < -0.39 is 21.8 Å². The van der Waals surface area contributed by atoms with Crippen LogP contribution in [0.4, 0.5) is 4.39 Å². The molecule has 0 bridgehead atoms. The smallest absolute Gasteiger partial charge is 0.320 e. The van der Waals surface area contributed by atoms with Crippen LogP contribution >= 0.6 is 11.8 Å². The number of sulfone groups is 1. The molecule has 2 saturated heterocycles. The summed E-state index contributed by atoms with van der Waals surface area (Å²) in [6.07, 6.45) is 9.20. The van der Waals surface area contributed by atoms with E-state index in [1.807, 2.05) is 11.5 Å². The van der Waals surface area contributed by atoms with E-state index in [9.17, 15) is 22.7 Å². The molecule has 9 heteroatoms. The van der Waals surface area contributed by atoms with Crippen molar-refractivity contribution in [1.82, 2.24) is 9.80 Å². The minimum Gasteiger partial charge on any atom is -0.480 e. The normalized spacial score (nSPS) is 30.5. The van der Waals surface area contributed by atoms with Gasteiger partial charge >= 0.3 is 5.97 Å². The van der Waals surface area contributed by atoms with E-state index in [2.05, 4.69) is 15.9 Å². The van der Waals surface area contributed by atoms with E-state index in [-0.39, 0.29) is 22.9 Å². The van der Waals surface area contributed by atoms with Gasteiger partial charge in [0.2, 0.25) is 0 Å². The van der Waals surface area contributed by atoms with Gasteiger partial charge in [-0.1, -0.05) is 42.8 Å². The first-order chi connectivity index (χ1) is 18.8. The number of thioether (sulfide) groups is 1. The number of halogens is 1. The lowest BCUT2D eigenvalue weighted by Crippen LogP contribution is -2.42. The number of piperidine rings is 1. The van der Waals surface area contributed by atoms with Gasteiger partial charge in [0.05, 0.1) is 5.25 Å². The number of nitrogens with zero attached hydrogens (tertiary/aromatic N) is 2. The highest BCUT2D eigenvalue weighted by Crippen LogP contribution is 2.46. The molecule has 5 aliphatic rings. The van der Waals surface area contributed by atoms with Crippen molar-refractivity contribution in [1.29, 1.82) is 0 Å². The van der Waals surface area contributed by atoms with Gasteiger partial charge in [-0.2, -0.15) is 0 Å². The van der Waals surface area contributed by atoms with Crippen LogP contribution in [0.5, 0.6) is 0 Å². The molecule has 0 radical (unpaired) electrons. The van der Waals surface area contributed by atoms with Gasteiger partial charge in [-0.25, -0.2) is 12.8 Å². The molecule has 0 spiro atoms. The monoisotopic (exact) mass is 574 g/mol. The third kappa shape index (κ3) is 6.02. The number of rotatable bonds is 9. The SMILES string of the molecule is O=C(O)[C@@H](CC1CC1)N1C[C@H](CN2CCC(CC3CC4=C(SC=CC4)S3(=O)=O)CC2)[C@@H](c2cccc(F)c2)C1. The molecule has 3 fully saturated rings. The first kappa shape index (κ1) is 27.5. The Hall–Kier alpha value is -1.68. The van der Waals surface area contributed by atoms with Gasteiger partial charge in [0.1, 0.15) is 16.1 Å². The number of carboxylic acids is 1. The van der Waals surface area contributed by atoms with Crippen LogP contribution in [0.25, 0.3) is 0 Å². The van der Waals surface area contributed by atoms with Crippen molar-refractivity contribution in [2.45, 2.75) is 68.6 Å². The molecule has 0 aromatic heterocycles. The van der Waals surface area contributed by atoms with Gasteiger partial charge in [-0.3, -0.25) is 9.69 Å². The van der Waals surface area contributed by atoms with E-state index in [0.29, 0.717) is 42.0 Å². The van der Waals surface area contributed by atoms with E-state index in [1.54, 1.807) is 12.1 Å². The summed E-state index contributed by atoms with van der Waals surface area (Å²) in [5, 5.41) is 11.6. The van der Waals surface area contributed by atoms with Gasteiger partial charge in [-0.15, -0.1) is 0 Å². The summed E-state index contributed by atoms with van der Waals surface area (Å²) in [4.78, 5) is 16.8. The maximum atomic E-state index is 14.2. The Morgan fingerprint density at radius 1 is 1.13 bits per heavy atom. The van der Waals surface area contributed by atoms with Crippen LogP contribution in [-0.2, 0) is 14.6 Å². The highest BCUT2D eigenvalue weighted by atomic mass is 32.3. The third-order valence-corrected chi connectivity index (χ3v) is 13.5. The van der Waals surface area contributed by atoms with Gasteiger partial charge in [0.15, 0.2) is 9.84 Å². The second-order valence-corrected chi connectivity index (χ2v) is 15.7. The summed E-state index contributed by atoms with van der Waals surface area (Å²) < 4.78 is 41.0. The van der Waals surface area contributed by atoms with E-state index in [1.165, 1.54) is 17.8 Å². The minimum atomic E-state index is -3.19. The van der Waals surface area contributed by atoms with Crippen molar-refractivity contribution >= 4 is 27.6 Å². The Kier molecular flexibility index (Phi) is 7.96. The summed E-state index contributed by atoms with van der Waals surface area (Å²) in [6, 6.07) is 6.36. The van der Waals surface area contributed by atoms with Crippen molar-refractivity contribution in [3.8, 4) is 0 Å². The first-order valence-corrected chi connectivity index (χ1v) is 16.9. The summed E-state index contributed by atoms with van der Waals surface area (Å²) in [5.74, 6) is 0.288. The first-order valence-electron chi connectivity index (χ1n) is 14.5. The molecule has 6 rings (SSSR count). The number of hydrogen-bond donors (Lipinski definition) is 1. The quantitative estimate of drug-likeness (QED) is 0.432. The second-order valence-electron chi connectivity index (χ2n) is 12.3. The zero-order valence-electron chi connectivity index (χ0n) is 22.4. The van der Waals surface area contributed by atoms with E-state index >= 15 is 0 Å². The van der Waals surface area contributed by atoms with Crippen molar-refractivity contribution < 1.29 is 22.7 Å². The number of hydrogen-bond acceptors (Lipinski definition) is 6. The second kappa shape index (κ2) is 11.3. The lowest BCUT2D eigenvalue weighted by atomic mass is 9.86. The molecular weight excluding hydrogens is 535 g/mol. The molecule has 4 atom stereocenters. The summed E-state index contributed by atoms with van der Waals surface area (Å²) in [7, 11) is -3.19. The average molecular weight is 575 g/mol. The highest BCUT2D eigenvalue weighted by molar-refractivity contribution is 8.20. The summed E-state index contributed by atoms with van der Waals surface area (Å²) in [5.41, 5.74) is 2.06. The van der Waals surface area contributed by atoms with Crippen molar-refractivity contribution in [3.05, 3.63) is 56.9 Å². The zero-order valence-corrected chi connectivity index (χ0v) is 24.0. The predicted molar refractivity (Wildman–Crippen MR) is 152 cm³/mol. The molecule has 1 saturated carbocycles. The Morgan fingerprint density at radius 3 is 2.62 bits per heavy atom.